The molecule has 0 atom stereocenters. The predicted molar refractivity (Wildman–Crippen MR) is 101 cm³/mol. The van der Waals surface area contributed by atoms with Crippen molar-refractivity contribution >= 4 is 11.9 Å². The predicted octanol–water partition coefficient (Wildman–Crippen LogP) is 1.72. The Morgan fingerprint density at radius 2 is 1.75 bits per heavy atom. The first kappa shape index (κ1) is 20.7. The molecule has 1 aliphatic heterocycles. The number of aliphatic imine (C=N–C) groups is 1. The summed E-state index contributed by atoms with van der Waals surface area (Å²) in [7, 11) is 0. The van der Waals surface area contributed by atoms with Crippen LogP contribution in [0.3, 0.4) is 0 Å². The van der Waals surface area contributed by atoms with E-state index in [0.29, 0.717) is 0 Å². The van der Waals surface area contributed by atoms with Crippen molar-refractivity contribution in [3.63, 3.8) is 0 Å². The first-order chi connectivity index (χ1) is 11.4. The van der Waals surface area contributed by atoms with Crippen LogP contribution in [0.5, 0.6) is 0 Å². The van der Waals surface area contributed by atoms with Crippen LogP contribution in [0.2, 0.25) is 0 Å². The Balaban J connectivity index is 2.28. The molecule has 0 aromatic carbocycles. The van der Waals surface area contributed by atoms with Gasteiger partial charge in [-0.25, -0.2) is 4.99 Å². The van der Waals surface area contributed by atoms with Crippen molar-refractivity contribution in [2.75, 3.05) is 39.3 Å². The fourth-order valence-corrected chi connectivity index (χ4v) is 2.82. The third kappa shape index (κ3) is 10.5. The summed E-state index contributed by atoms with van der Waals surface area (Å²) in [5.74, 6) is 0.668. The summed E-state index contributed by atoms with van der Waals surface area (Å²) in [6, 6.07) is 0. The monoisotopic (exact) mass is 339 g/mol. The Kier molecular flexibility index (Phi) is 9.76. The number of carbonyl (C=O) groups excluding carboxylic acids is 1. The molecule has 0 radical (unpaired) electrons. The Labute approximate surface area is 147 Å². The van der Waals surface area contributed by atoms with Crippen molar-refractivity contribution in [1.82, 2.24) is 20.9 Å². The molecule has 0 bridgehead atoms. The summed E-state index contributed by atoms with van der Waals surface area (Å²) in [5, 5.41) is 9.45. The number of carbonyl (C=O) groups is 1. The first-order valence-electron chi connectivity index (χ1n) is 9.46. The first-order valence-corrected chi connectivity index (χ1v) is 9.46. The van der Waals surface area contributed by atoms with Crippen molar-refractivity contribution in [3.05, 3.63) is 0 Å². The minimum atomic E-state index is -0.217. The molecule has 6 nitrogen and oxygen atoms in total. The molecule has 3 N–H and O–H groups in total. The number of nitrogens with zero attached hydrogens (tertiary/aromatic N) is 2. The summed E-state index contributed by atoms with van der Waals surface area (Å²) in [6.07, 6.45) is 6.52. The van der Waals surface area contributed by atoms with Crippen LogP contribution in [-0.2, 0) is 4.79 Å². The zero-order valence-corrected chi connectivity index (χ0v) is 16.1. The van der Waals surface area contributed by atoms with Gasteiger partial charge in [0.15, 0.2) is 5.96 Å². The Morgan fingerprint density at radius 3 is 2.33 bits per heavy atom. The number of guanidine groups is 1. The van der Waals surface area contributed by atoms with Gasteiger partial charge in [-0.05, 0) is 66.6 Å². The normalized spacial score (nSPS) is 17.2. The van der Waals surface area contributed by atoms with E-state index in [1.807, 2.05) is 27.7 Å². The molecule has 0 spiro atoms. The second-order valence-electron chi connectivity index (χ2n) is 7.53. The molecule has 6 heteroatoms. The molecule has 0 unspecified atom stereocenters. The third-order valence-corrected chi connectivity index (χ3v) is 3.88. The minimum Gasteiger partial charge on any atom is -0.357 e. The van der Waals surface area contributed by atoms with Gasteiger partial charge in [-0.1, -0.05) is 12.8 Å². The number of hydrogen-bond acceptors (Lipinski definition) is 3. The van der Waals surface area contributed by atoms with Crippen LogP contribution in [0.4, 0.5) is 0 Å². The van der Waals surface area contributed by atoms with Gasteiger partial charge in [-0.3, -0.25) is 4.79 Å². The zero-order chi connectivity index (χ0) is 17.8. The van der Waals surface area contributed by atoms with E-state index >= 15 is 0 Å². The Morgan fingerprint density at radius 1 is 1.08 bits per heavy atom. The average molecular weight is 340 g/mol. The number of nitrogens with one attached hydrogen (secondary N) is 3. The van der Waals surface area contributed by atoms with Crippen LogP contribution in [0.15, 0.2) is 4.99 Å². The molecule has 1 rings (SSSR count). The van der Waals surface area contributed by atoms with E-state index in [9.17, 15) is 4.79 Å². The Hall–Kier alpha value is -1.30. The highest BCUT2D eigenvalue weighted by molar-refractivity contribution is 5.85. The van der Waals surface area contributed by atoms with Crippen LogP contribution in [-0.4, -0.2) is 61.6 Å². The van der Waals surface area contributed by atoms with Gasteiger partial charge in [0.25, 0.3) is 0 Å². The largest absolute Gasteiger partial charge is 0.357 e. The highest BCUT2D eigenvalue weighted by Crippen LogP contribution is 2.09. The lowest BCUT2D eigenvalue weighted by Crippen LogP contribution is -2.43. The number of likely N-dealkylation sites (tertiary alicyclic amines) is 1. The van der Waals surface area contributed by atoms with Crippen molar-refractivity contribution in [1.29, 1.82) is 0 Å². The van der Waals surface area contributed by atoms with Crippen LogP contribution in [0.1, 0.15) is 59.8 Å². The molecule has 0 aliphatic carbocycles. The van der Waals surface area contributed by atoms with Crippen molar-refractivity contribution in [2.45, 2.75) is 65.3 Å². The summed E-state index contributed by atoms with van der Waals surface area (Å²) < 4.78 is 0. The summed E-state index contributed by atoms with van der Waals surface area (Å²) in [6.45, 7) is 13.4. The van der Waals surface area contributed by atoms with Crippen LogP contribution < -0.4 is 16.0 Å². The van der Waals surface area contributed by atoms with E-state index in [2.05, 4.69) is 25.8 Å². The summed E-state index contributed by atoms with van der Waals surface area (Å²) >= 11 is 0. The molecule has 24 heavy (non-hydrogen) atoms. The standard InChI is InChI=1S/C18H37N5O/c1-5-19-17(21-15-16(24)22-18(2,3)4)20-11-10-14-23-12-8-6-7-9-13-23/h5-15H2,1-4H3,(H,22,24)(H2,19,20,21). The van der Waals surface area contributed by atoms with Gasteiger partial charge in [0.2, 0.25) is 5.91 Å². The highest BCUT2D eigenvalue weighted by atomic mass is 16.2. The van der Waals surface area contributed by atoms with E-state index in [1.54, 1.807) is 0 Å². The van der Waals surface area contributed by atoms with Gasteiger partial charge >= 0.3 is 0 Å². The van der Waals surface area contributed by atoms with Crippen molar-refractivity contribution < 1.29 is 4.79 Å². The van der Waals surface area contributed by atoms with Gasteiger partial charge in [-0.15, -0.1) is 0 Å². The third-order valence-electron chi connectivity index (χ3n) is 3.88. The maximum atomic E-state index is 11.9. The lowest BCUT2D eigenvalue weighted by atomic mass is 10.1. The number of amides is 1. The molecule has 0 aromatic heterocycles. The fraction of sp³-hybridized carbons (Fsp3) is 0.889. The zero-order valence-electron chi connectivity index (χ0n) is 16.1. The Bertz CT molecular complexity index is 381. The lowest BCUT2D eigenvalue weighted by molar-refractivity contribution is -0.121. The molecule has 0 aromatic rings. The van der Waals surface area contributed by atoms with Crippen LogP contribution in [0.25, 0.3) is 0 Å². The van der Waals surface area contributed by atoms with E-state index in [-0.39, 0.29) is 18.0 Å². The van der Waals surface area contributed by atoms with E-state index in [0.717, 1.165) is 32.0 Å². The molecule has 140 valence electrons. The molecule has 1 heterocycles. The summed E-state index contributed by atoms with van der Waals surface area (Å²) in [4.78, 5) is 18.8. The smallest absolute Gasteiger partial charge is 0.242 e. The molecular weight excluding hydrogens is 302 g/mol. The quantitative estimate of drug-likeness (QED) is 0.375. The molecule has 1 aliphatic rings. The second kappa shape index (κ2) is 11.3. The van der Waals surface area contributed by atoms with Gasteiger partial charge in [-0.2, -0.15) is 0 Å². The number of rotatable bonds is 7. The number of hydrogen-bond donors (Lipinski definition) is 3. The molecular formula is C18H37N5O. The topological polar surface area (TPSA) is 68.8 Å². The summed E-state index contributed by atoms with van der Waals surface area (Å²) in [5.41, 5.74) is -0.217. The fourth-order valence-electron chi connectivity index (χ4n) is 2.82. The van der Waals surface area contributed by atoms with Gasteiger partial charge in [0.05, 0.1) is 0 Å². The van der Waals surface area contributed by atoms with E-state index < -0.39 is 0 Å². The second-order valence-corrected chi connectivity index (χ2v) is 7.53. The molecule has 1 amide bonds. The lowest BCUT2D eigenvalue weighted by Gasteiger charge is -2.20. The van der Waals surface area contributed by atoms with Gasteiger partial charge in [0.1, 0.15) is 6.54 Å². The SMILES string of the molecule is CCNC(=NCC(=O)NC(C)(C)C)NCCCN1CCCCCC1. The minimum absolute atomic E-state index is 0.0516. The van der Waals surface area contributed by atoms with Crippen molar-refractivity contribution in [3.8, 4) is 0 Å². The molecule has 1 saturated heterocycles. The average Bonchev–Trinajstić information content (AvgIpc) is 2.76. The van der Waals surface area contributed by atoms with Crippen molar-refractivity contribution in [2.24, 2.45) is 4.99 Å². The molecule has 0 saturated carbocycles. The van der Waals surface area contributed by atoms with Gasteiger partial charge < -0.3 is 20.9 Å². The highest BCUT2D eigenvalue weighted by Gasteiger charge is 2.13. The van der Waals surface area contributed by atoms with E-state index in [1.165, 1.54) is 38.8 Å². The van der Waals surface area contributed by atoms with Crippen LogP contribution in [0, 0.1) is 0 Å². The van der Waals surface area contributed by atoms with E-state index in [4.69, 9.17) is 0 Å². The van der Waals surface area contributed by atoms with Crippen LogP contribution >= 0.6 is 0 Å². The maximum absolute atomic E-state index is 11.9. The molecule has 1 fully saturated rings. The van der Waals surface area contributed by atoms with Gasteiger partial charge in [0, 0.05) is 18.6 Å². The maximum Gasteiger partial charge on any atom is 0.242 e.